The molecular formula is C10H17FN2S. The maximum Gasteiger partial charge on any atom is 0.129 e. The van der Waals surface area contributed by atoms with Gasteiger partial charge >= 0.3 is 0 Å². The lowest BCUT2D eigenvalue weighted by atomic mass is 9.97. The fourth-order valence-corrected chi connectivity index (χ4v) is 2.16. The lowest BCUT2D eigenvalue weighted by Crippen LogP contribution is -2.41. The zero-order valence-electron chi connectivity index (χ0n) is 9.10. The predicted molar refractivity (Wildman–Crippen MR) is 58.5 cm³/mol. The van der Waals surface area contributed by atoms with Gasteiger partial charge in [0.1, 0.15) is 5.67 Å². The van der Waals surface area contributed by atoms with Gasteiger partial charge in [0.05, 0.1) is 10.7 Å². The minimum absolute atomic E-state index is 0.310. The first-order valence-electron chi connectivity index (χ1n) is 4.70. The largest absolute Gasteiger partial charge is 0.325 e. The molecule has 14 heavy (non-hydrogen) atoms. The van der Waals surface area contributed by atoms with Crippen LogP contribution in [0.4, 0.5) is 4.39 Å². The van der Waals surface area contributed by atoms with Crippen LogP contribution in [0, 0.1) is 13.8 Å². The first-order valence-corrected chi connectivity index (χ1v) is 5.52. The summed E-state index contributed by atoms with van der Waals surface area (Å²) in [5.74, 6) is 0. The van der Waals surface area contributed by atoms with E-state index in [9.17, 15) is 4.39 Å². The Hall–Kier alpha value is -0.480. The minimum atomic E-state index is -1.36. The molecule has 2 N–H and O–H groups in total. The lowest BCUT2D eigenvalue weighted by molar-refractivity contribution is 0.156. The van der Waals surface area contributed by atoms with Crippen LogP contribution in [0.15, 0.2) is 0 Å². The van der Waals surface area contributed by atoms with Crippen molar-refractivity contribution in [3.05, 3.63) is 15.6 Å². The van der Waals surface area contributed by atoms with Crippen molar-refractivity contribution in [2.45, 2.75) is 45.8 Å². The summed E-state index contributed by atoms with van der Waals surface area (Å²) >= 11 is 1.55. The molecule has 0 aromatic carbocycles. The first kappa shape index (κ1) is 11.6. The number of hydrogen-bond donors (Lipinski definition) is 1. The second-order valence-electron chi connectivity index (χ2n) is 3.99. The van der Waals surface area contributed by atoms with Crippen molar-refractivity contribution in [2.24, 2.45) is 5.73 Å². The van der Waals surface area contributed by atoms with Gasteiger partial charge in [0.2, 0.25) is 0 Å². The number of halogens is 1. The first-order chi connectivity index (χ1) is 6.33. The van der Waals surface area contributed by atoms with Crippen molar-refractivity contribution < 1.29 is 4.39 Å². The van der Waals surface area contributed by atoms with E-state index in [1.807, 2.05) is 13.8 Å². The smallest absolute Gasteiger partial charge is 0.129 e. The van der Waals surface area contributed by atoms with E-state index in [0.717, 1.165) is 15.6 Å². The summed E-state index contributed by atoms with van der Waals surface area (Å²) < 4.78 is 13.9. The highest BCUT2D eigenvalue weighted by Crippen LogP contribution is 2.25. The van der Waals surface area contributed by atoms with Crippen molar-refractivity contribution in [1.29, 1.82) is 0 Å². The van der Waals surface area contributed by atoms with Crippen LogP contribution in [-0.4, -0.2) is 16.7 Å². The normalized spacial score (nSPS) is 17.9. The molecule has 1 aromatic heterocycles. The third-order valence-electron chi connectivity index (χ3n) is 2.52. The van der Waals surface area contributed by atoms with E-state index in [-0.39, 0.29) is 0 Å². The summed E-state index contributed by atoms with van der Waals surface area (Å²) in [6.07, 6.45) is 0.310. The van der Waals surface area contributed by atoms with Crippen LogP contribution in [0.2, 0.25) is 0 Å². The lowest BCUT2D eigenvalue weighted by Gasteiger charge is -2.23. The van der Waals surface area contributed by atoms with E-state index in [4.69, 9.17) is 5.73 Å². The van der Waals surface area contributed by atoms with Gasteiger partial charge < -0.3 is 5.73 Å². The second kappa shape index (κ2) is 3.95. The van der Waals surface area contributed by atoms with Crippen molar-refractivity contribution >= 4 is 11.3 Å². The van der Waals surface area contributed by atoms with E-state index >= 15 is 0 Å². The topological polar surface area (TPSA) is 38.9 Å². The molecule has 0 amide bonds. The highest BCUT2D eigenvalue weighted by atomic mass is 32.1. The summed E-state index contributed by atoms with van der Waals surface area (Å²) in [7, 11) is 0. The molecule has 0 saturated heterocycles. The Balaban J connectivity index is 2.78. The van der Waals surface area contributed by atoms with E-state index in [1.165, 1.54) is 6.92 Å². The van der Waals surface area contributed by atoms with Crippen molar-refractivity contribution in [2.75, 3.05) is 0 Å². The monoisotopic (exact) mass is 216 g/mol. The number of alkyl halides is 1. The molecule has 0 spiro atoms. The molecule has 0 radical (unpaired) electrons. The zero-order chi connectivity index (χ0) is 10.9. The summed E-state index contributed by atoms with van der Waals surface area (Å²) in [6.45, 7) is 7.16. The number of thiazole rings is 1. The van der Waals surface area contributed by atoms with Gasteiger partial charge in [0.15, 0.2) is 0 Å². The molecule has 0 aliphatic heterocycles. The van der Waals surface area contributed by atoms with Crippen molar-refractivity contribution in [3.8, 4) is 0 Å². The molecular weight excluding hydrogens is 199 g/mol. The summed E-state index contributed by atoms with van der Waals surface area (Å²) in [6, 6.07) is -0.466. The Morgan fingerprint density at radius 1 is 1.57 bits per heavy atom. The third kappa shape index (κ3) is 2.51. The second-order valence-corrected chi connectivity index (χ2v) is 5.28. The highest BCUT2D eigenvalue weighted by Gasteiger charge is 2.29. The predicted octanol–water partition coefficient (Wildman–Crippen LogP) is 2.38. The summed E-state index contributed by atoms with van der Waals surface area (Å²) in [5.41, 5.74) is 5.19. The van der Waals surface area contributed by atoms with Crippen LogP contribution < -0.4 is 5.73 Å². The number of nitrogens with zero attached hydrogens (tertiary/aromatic N) is 1. The Labute approximate surface area is 88.4 Å². The average Bonchev–Trinajstić information content (AvgIpc) is 2.29. The van der Waals surface area contributed by atoms with Gasteiger partial charge in [-0.15, -0.1) is 11.3 Å². The van der Waals surface area contributed by atoms with Crippen LogP contribution in [0.25, 0.3) is 0 Å². The Kier molecular flexibility index (Phi) is 3.27. The number of aromatic nitrogens is 1. The number of rotatable bonds is 3. The van der Waals surface area contributed by atoms with Crippen LogP contribution in [0.5, 0.6) is 0 Å². The molecule has 0 saturated carbocycles. The highest BCUT2D eigenvalue weighted by molar-refractivity contribution is 7.11. The van der Waals surface area contributed by atoms with Gasteiger partial charge in [-0.3, -0.25) is 0 Å². The molecule has 2 atom stereocenters. The molecule has 2 nitrogen and oxygen atoms in total. The third-order valence-corrected chi connectivity index (χ3v) is 3.59. The van der Waals surface area contributed by atoms with Crippen molar-refractivity contribution in [3.63, 3.8) is 0 Å². The molecule has 1 rings (SSSR count). The van der Waals surface area contributed by atoms with Gasteiger partial charge in [-0.1, -0.05) is 0 Å². The number of aryl methyl sites for hydroxylation is 2. The van der Waals surface area contributed by atoms with Gasteiger partial charge in [-0.05, 0) is 27.7 Å². The fourth-order valence-electron chi connectivity index (χ4n) is 1.07. The molecule has 0 fully saturated rings. The summed E-state index contributed by atoms with van der Waals surface area (Å²) in [4.78, 5) is 5.45. The number of nitrogens with two attached hydrogens (primary N) is 1. The van der Waals surface area contributed by atoms with Crippen LogP contribution in [0.1, 0.15) is 29.4 Å². The van der Waals surface area contributed by atoms with Crippen LogP contribution in [-0.2, 0) is 6.42 Å². The number of hydrogen-bond acceptors (Lipinski definition) is 3. The molecule has 1 heterocycles. The SMILES string of the molecule is Cc1nc(CC(C)(F)C(C)N)sc1C. The molecule has 0 bridgehead atoms. The van der Waals surface area contributed by atoms with E-state index in [1.54, 1.807) is 18.3 Å². The van der Waals surface area contributed by atoms with Gasteiger partial charge in [-0.2, -0.15) is 0 Å². The molecule has 4 heteroatoms. The quantitative estimate of drug-likeness (QED) is 0.842. The van der Waals surface area contributed by atoms with Crippen LogP contribution in [0.3, 0.4) is 0 Å². The molecule has 1 aromatic rings. The van der Waals surface area contributed by atoms with Gasteiger partial charge in [0, 0.05) is 17.3 Å². The average molecular weight is 216 g/mol. The fraction of sp³-hybridized carbons (Fsp3) is 0.700. The van der Waals surface area contributed by atoms with E-state index in [0.29, 0.717) is 6.42 Å². The maximum atomic E-state index is 13.9. The standard InChI is InChI=1S/C10H17FN2S/c1-6-7(2)14-9(13-6)5-10(4,11)8(3)12/h8H,5,12H2,1-4H3. The Morgan fingerprint density at radius 2 is 2.14 bits per heavy atom. The van der Waals surface area contributed by atoms with Crippen molar-refractivity contribution in [1.82, 2.24) is 4.98 Å². The minimum Gasteiger partial charge on any atom is -0.325 e. The van der Waals surface area contributed by atoms with Crippen LogP contribution >= 0.6 is 11.3 Å². The Morgan fingerprint density at radius 3 is 2.50 bits per heavy atom. The zero-order valence-corrected chi connectivity index (χ0v) is 9.91. The molecule has 80 valence electrons. The Bertz CT molecular complexity index is 298. The van der Waals surface area contributed by atoms with Gasteiger partial charge in [-0.25, -0.2) is 9.37 Å². The van der Waals surface area contributed by atoms with E-state index in [2.05, 4.69) is 4.98 Å². The molecule has 2 unspecified atom stereocenters. The maximum absolute atomic E-state index is 13.9. The van der Waals surface area contributed by atoms with E-state index < -0.39 is 11.7 Å². The summed E-state index contributed by atoms with van der Waals surface area (Å²) in [5, 5.41) is 0.835. The molecule has 0 aliphatic carbocycles. The van der Waals surface area contributed by atoms with Gasteiger partial charge in [0.25, 0.3) is 0 Å². The molecule has 0 aliphatic rings.